The van der Waals surface area contributed by atoms with E-state index in [0.29, 0.717) is 11.3 Å². The Hall–Kier alpha value is -5.03. The number of aromatic hydroxyl groups is 1. The van der Waals surface area contributed by atoms with Crippen molar-refractivity contribution < 1.29 is 33.9 Å². The minimum atomic E-state index is -1.29. The number of fused-ring (bicyclic) bond motifs is 4. The van der Waals surface area contributed by atoms with Crippen molar-refractivity contribution in [2.75, 3.05) is 16.9 Å². The molecule has 0 spiro atoms. The molecule has 2 aliphatic heterocycles. The number of nitrogens with zero attached hydrogens (tertiary/aromatic N) is 3. The quantitative estimate of drug-likeness (QED) is 0.169. The van der Waals surface area contributed by atoms with Crippen LogP contribution < -0.4 is 14.5 Å². The van der Waals surface area contributed by atoms with Gasteiger partial charge < -0.3 is 9.84 Å². The van der Waals surface area contributed by atoms with Gasteiger partial charge in [0.05, 0.1) is 51.6 Å². The van der Waals surface area contributed by atoms with Gasteiger partial charge in [-0.2, -0.15) is 0 Å². The Morgan fingerprint density at radius 2 is 1.61 bits per heavy atom. The summed E-state index contributed by atoms with van der Waals surface area (Å²) in [5.41, 5.74) is 0.463. The number of nitro groups is 1. The van der Waals surface area contributed by atoms with E-state index in [0.717, 1.165) is 10.5 Å². The van der Waals surface area contributed by atoms with Gasteiger partial charge in [0.1, 0.15) is 0 Å². The minimum absolute atomic E-state index is 0.000867. The number of amides is 4. The van der Waals surface area contributed by atoms with Crippen LogP contribution in [0.3, 0.4) is 0 Å². The van der Waals surface area contributed by atoms with E-state index in [2.05, 4.69) is 0 Å². The molecule has 46 heavy (non-hydrogen) atoms. The molecule has 1 N–H and O–H groups in total. The number of para-hydroxylation sites is 1. The summed E-state index contributed by atoms with van der Waals surface area (Å²) in [5, 5.41) is 21.7. The number of non-ortho nitro benzene ring substituents is 1. The van der Waals surface area contributed by atoms with Crippen molar-refractivity contribution in [3.8, 4) is 11.5 Å². The lowest BCUT2D eigenvalue weighted by Crippen LogP contribution is -2.48. The molecule has 2 aliphatic carbocycles. The molecule has 1 saturated carbocycles. The monoisotopic (exact) mass is 641 g/mol. The first-order valence-electron chi connectivity index (χ1n) is 14.8. The lowest BCUT2D eigenvalue weighted by atomic mass is 9.51. The van der Waals surface area contributed by atoms with Crippen LogP contribution in [-0.4, -0.2) is 40.8 Å². The number of carbonyl (C=O) groups is 4. The van der Waals surface area contributed by atoms with Gasteiger partial charge in [-0.25, -0.2) is 4.90 Å². The third-order valence-electron chi connectivity index (χ3n) is 10.2. The van der Waals surface area contributed by atoms with E-state index < -0.39 is 63.6 Å². The number of methoxy groups -OCH3 is 1. The van der Waals surface area contributed by atoms with Gasteiger partial charge in [-0.1, -0.05) is 41.4 Å². The number of imide groups is 2. The van der Waals surface area contributed by atoms with E-state index in [1.807, 2.05) is 6.08 Å². The maximum absolute atomic E-state index is 14.5. The number of anilines is 2. The normalized spacial score (nSPS) is 28.5. The first-order chi connectivity index (χ1) is 22.0. The molecular weight excluding hydrogens is 614 g/mol. The van der Waals surface area contributed by atoms with Gasteiger partial charge >= 0.3 is 0 Å². The maximum atomic E-state index is 14.5. The molecule has 234 valence electrons. The first-order valence-corrected chi connectivity index (χ1v) is 15.2. The minimum Gasteiger partial charge on any atom is -0.503 e. The van der Waals surface area contributed by atoms with Gasteiger partial charge in [-0.3, -0.25) is 34.2 Å². The fraction of sp³-hybridized carbons (Fsp3) is 0.294. The summed E-state index contributed by atoms with van der Waals surface area (Å²) < 4.78 is 5.40. The molecule has 4 aliphatic rings. The van der Waals surface area contributed by atoms with E-state index >= 15 is 0 Å². The molecule has 4 amide bonds. The number of halogens is 1. The fourth-order valence-electron chi connectivity index (χ4n) is 8.11. The van der Waals surface area contributed by atoms with Crippen LogP contribution in [0.25, 0.3) is 0 Å². The smallest absolute Gasteiger partial charge is 0.269 e. The van der Waals surface area contributed by atoms with E-state index in [1.165, 1.54) is 36.3 Å². The largest absolute Gasteiger partial charge is 0.503 e. The van der Waals surface area contributed by atoms with Gasteiger partial charge in [0, 0.05) is 18.1 Å². The second-order valence-electron chi connectivity index (χ2n) is 12.3. The highest BCUT2D eigenvalue weighted by atomic mass is 35.5. The molecule has 0 aromatic heterocycles. The van der Waals surface area contributed by atoms with Crippen molar-refractivity contribution in [3.63, 3.8) is 0 Å². The summed E-state index contributed by atoms with van der Waals surface area (Å²) in [7, 11) is 1.38. The van der Waals surface area contributed by atoms with Crippen LogP contribution in [0.5, 0.6) is 11.5 Å². The average Bonchev–Trinajstić information content (AvgIpc) is 3.42. The summed E-state index contributed by atoms with van der Waals surface area (Å²) >= 11 is 6.46. The molecule has 3 aromatic rings. The number of allylic oxidation sites excluding steroid dienone is 2. The molecule has 0 radical (unpaired) electrons. The second kappa shape index (κ2) is 10.5. The number of rotatable bonds is 5. The molecule has 3 fully saturated rings. The lowest BCUT2D eigenvalue weighted by Gasteiger charge is -2.49. The van der Waals surface area contributed by atoms with Crippen LogP contribution in [0.15, 0.2) is 78.4 Å². The van der Waals surface area contributed by atoms with Gasteiger partial charge in [-0.15, -0.1) is 0 Å². The summed E-state index contributed by atoms with van der Waals surface area (Å²) in [5.74, 6) is -5.55. The van der Waals surface area contributed by atoms with E-state index in [-0.39, 0.29) is 40.7 Å². The molecule has 2 saturated heterocycles. The van der Waals surface area contributed by atoms with Crippen LogP contribution in [0.4, 0.5) is 17.1 Å². The average molecular weight is 642 g/mol. The zero-order valence-electron chi connectivity index (χ0n) is 24.8. The Morgan fingerprint density at radius 3 is 2.26 bits per heavy atom. The SMILES string of the molecule is COc1cc(C2C3=CCC4C(=O)N(c5ccc([N+](=O)[O-])cc5)C(=O)C4C3CC3C(=O)N(c4ccccc4)C(=O)C32C)cc(Cl)c1O. The second-order valence-corrected chi connectivity index (χ2v) is 12.7. The molecule has 6 unspecified atom stereocenters. The Kier molecular flexibility index (Phi) is 6.78. The standard InChI is InChI=1S/C34H28ClN3O8/c1-34-24(31(41)37(33(34)43)18-6-4-3-5-7-18)16-23-21(28(34)17-14-25(35)29(39)26(15-17)46-2)12-13-22-27(23)32(42)36(30(22)40)19-8-10-20(11-9-19)38(44)45/h3-12,14-15,22-24,27-28,39H,13,16H2,1-2H3. The van der Waals surface area contributed by atoms with Gasteiger partial charge in [0.25, 0.3) is 5.69 Å². The third kappa shape index (κ3) is 4.04. The van der Waals surface area contributed by atoms with E-state index in [9.17, 15) is 34.4 Å². The lowest BCUT2D eigenvalue weighted by molar-refractivity contribution is -0.384. The number of benzene rings is 3. The molecule has 2 heterocycles. The van der Waals surface area contributed by atoms with Crippen molar-refractivity contribution in [2.45, 2.75) is 25.7 Å². The van der Waals surface area contributed by atoms with Crippen molar-refractivity contribution in [1.29, 1.82) is 0 Å². The highest BCUT2D eigenvalue weighted by molar-refractivity contribution is 6.32. The Morgan fingerprint density at radius 1 is 0.935 bits per heavy atom. The summed E-state index contributed by atoms with van der Waals surface area (Å²) in [6.45, 7) is 1.76. The highest BCUT2D eigenvalue weighted by Crippen LogP contribution is 2.64. The molecule has 7 rings (SSSR count). The summed E-state index contributed by atoms with van der Waals surface area (Å²) in [6.07, 6.45) is 2.28. The maximum Gasteiger partial charge on any atom is 0.269 e. The number of hydrogen-bond acceptors (Lipinski definition) is 8. The third-order valence-corrected chi connectivity index (χ3v) is 10.5. The van der Waals surface area contributed by atoms with E-state index in [1.54, 1.807) is 49.4 Å². The Balaban J connectivity index is 1.37. The Bertz CT molecular complexity index is 1880. The number of phenolic OH excluding ortho intramolecular Hbond substituents is 1. The summed E-state index contributed by atoms with van der Waals surface area (Å²) in [4.78, 5) is 69.6. The zero-order valence-corrected chi connectivity index (χ0v) is 25.5. The number of ether oxygens (including phenoxy) is 1. The molecule has 11 nitrogen and oxygen atoms in total. The van der Waals surface area contributed by atoms with Crippen LogP contribution in [0, 0.1) is 39.2 Å². The Labute approximate surface area is 268 Å². The predicted octanol–water partition coefficient (Wildman–Crippen LogP) is 5.40. The van der Waals surface area contributed by atoms with Gasteiger partial charge in [0.2, 0.25) is 23.6 Å². The molecule has 12 heteroatoms. The zero-order chi connectivity index (χ0) is 32.7. The predicted molar refractivity (Wildman–Crippen MR) is 166 cm³/mol. The molecule has 6 atom stereocenters. The molecule has 0 bridgehead atoms. The van der Waals surface area contributed by atoms with E-state index in [4.69, 9.17) is 16.3 Å². The highest BCUT2D eigenvalue weighted by Gasteiger charge is 2.67. The first kappa shape index (κ1) is 29.7. The number of nitro benzene ring substituents is 1. The number of hydrogen-bond donors (Lipinski definition) is 1. The van der Waals surface area contributed by atoms with Crippen LogP contribution in [0.2, 0.25) is 5.02 Å². The van der Waals surface area contributed by atoms with Gasteiger partial charge in [-0.05, 0) is 67.6 Å². The topological polar surface area (TPSA) is 147 Å². The van der Waals surface area contributed by atoms with Crippen molar-refractivity contribution in [3.05, 3.63) is 99.1 Å². The van der Waals surface area contributed by atoms with Crippen molar-refractivity contribution in [1.82, 2.24) is 0 Å². The van der Waals surface area contributed by atoms with Crippen molar-refractivity contribution >= 4 is 52.3 Å². The fourth-order valence-corrected chi connectivity index (χ4v) is 8.33. The van der Waals surface area contributed by atoms with Crippen LogP contribution in [0.1, 0.15) is 31.2 Å². The van der Waals surface area contributed by atoms with Gasteiger partial charge in [0.15, 0.2) is 11.5 Å². The van der Waals surface area contributed by atoms with Crippen molar-refractivity contribution in [2.24, 2.45) is 29.1 Å². The molecule has 3 aromatic carbocycles. The number of carbonyl (C=O) groups excluding carboxylic acids is 4. The summed E-state index contributed by atoms with van der Waals surface area (Å²) in [6, 6.07) is 17.0. The van der Waals surface area contributed by atoms with Crippen LogP contribution >= 0.6 is 11.6 Å². The molecular formula is C34H28ClN3O8. The number of phenols is 1. The van der Waals surface area contributed by atoms with Crippen LogP contribution in [-0.2, 0) is 19.2 Å².